The molecule has 4 unspecified atom stereocenters. The van der Waals surface area contributed by atoms with Gasteiger partial charge in [0.05, 0.1) is 13.1 Å². The van der Waals surface area contributed by atoms with Gasteiger partial charge >= 0.3 is 11.9 Å². The quantitative estimate of drug-likeness (QED) is 0.327. The van der Waals surface area contributed by atoms with E-state index in [4.69, 9.17) is 32.9 Å². The normalized spacial score (nSPS) is 22.6. The van der Waals surface area contributed by atoms with Crippen LogP contribution in [-0.4, -0.2) is 67.8 Å². The van der Waals surface area contributed by atoms with Crippen LogP contribution in [0.1, 0.15) is 25.7 Å². The predicted octanol–water partition coefficient (Wildman–Crippen LogP) is 4.31. The molecule has 2 aromatic carbocycles. The maximum absolute atomic E-state index is 12.9. The molecule has 4 rings (SSSR count). The number of rotatable bonds is 8. The summed E-state index contributed by atoms with van der Waals surface area (Å²) in [5, 5.41) is 3.70. The summed E-state index contributed by atoms with van der Waals surface area (Å²) in [6.45, 7) is 1.66. The molecule has 12 heteroatoms. The van der Waals surface area contributed by atoms with Gasteiger partial charge in [0.1, 0.15) is 10.5 Å². The molecular weight excluding hydrogens is 571 g/mol. The molecule has 2 saturated heterocycles. The standard InChI is InChI=1S/C26H28Cl2N2O6S2/c27-19-5-9-21(10-6-19)37(33)23-3-1-15-29(17-23)35-25(31)13-14-26(32)36-30-16-2-4-24(18-30)38(34)22-11-7-20(28)8-12-22/h5-14,23-24H,1-4,15-18H2/b14-13-. The van der Waals surface area contributed by atoms with Gasteiger partial charge < -0.3 is 18.8 Å². The van der Waals surface area contributed by atoms with Crippen LogP contribution in [0.4, 0.5) is 0 Å². The number of benzene rings is 2. The Balaban J connectivity index is 1.23. The van der Waals surface area contributed by atoms with E-state index in [1.54, 1.807) is 48.5 Å². The Hall–Kier alpha value is -1.76. The maximum Gasteiger partial charge on any atom is 0.349 e. The third kappa shape index (κ3) is 8.37. The average Bonchev–Trinajstić information content (AvgIpc) is 2.92. The summed E-state index contributed by atoms with van der Waals surface area (Å²) in [6, 6.07) is 13.7. The molecule has 2 aliphatic heterocycles. The summed E-state index contributed by atoms with van der Waals surface area (Å²) >= 11 is 9.29. The van der Waals surface area contributed by atoms with E-state index >= 15 is 0 Å². The van der Waals surface area contributed by atoms with Crippen LogP contribution in [0.2, 0.25) is 10.0 Å². The Kier molecular flexibility index (Phi) is 10.8. The first-order valence-electron chi connectivity index (χ1n) is 12.2. The molecule has 8 nitrogen and oxygen atoms in total. The van der Waals surface area contributed by atoms with Crippen molar-refractivity contribution in [2.75, 3.05) is 26.2 Å². The summed E-state index contributed by atoms with van der Waals surface area (Å²) in [5.74, 6) is -1.44. The second-order valence-electron chi connectivity index (χ2n) is 8.96. The Labute approximate surface area is 238 Å². The SMILES string of the molecule is O=C(/C=C\C(=O)ON1CCCC([S+]([O-])c2ccc(Cl)cc2)C1)ON1CCCC([S+]([O-])c2ccc(Cl)cc2)C1. The molecule has 204 valence electrons. The van der Waals surface area contributed by atoms with Gasteiger partial charge in [0, 0.05) is 35.3 Å². The first kappa shape index (κ1) is 29.2. The third-order valence-electron chi connectivity index (χ3n) is 6.17. The molecule has 0 bridgehead atoms. The number of hydrogen-bond acceptors (Lipinski definition) is 8. The van der Waals surface area contributed by atoms with Crippen molar-refractivity contribution >= 4 is 57.5 Å². The van der Waals surface area contributed by atoms with Crippen molar-refractivity contribution in [3.8, 4) is 0 Å². The van der Waals surface area contributed by atoms with E-state index in [0.29, 0.717) is 46.0 Å². The van der Waals surface area contributed by atoms with Gasteiger partial charge in [-0.05, 0) is 96.6 Å². The zero-order valence-corrected chi connectivity index (χ0v) is 23.6. The minimum absolute atomic E-state index is 0.197. The topological polar surface area (TPSA) is 105 Å². The predicted molar refractivity (Wildman–Crippen MR) is 146 cm³/mol. The molecule has 0 aromatic heterocycles. The molecule has 0 saturated carbocycles. The van der Waals surface area contributed by atoms with Crippen molar-refractivity contribution in [1.29, 1.82) is 0 Å². The lowest BCUT2D eigenvalue weighted by molar-refractivity contribution is -0.190. The second-order valence-corrected chi connectivity index (χ2v) is 13.3. The largest absolute Gasteiger partial charge is 0.611 e. The molecule has 2 aromatic rings. The number of halogens is 2. The van der Waals surface area contributed by atoms with Crippen molar-refractivity contribution in [3.05, 3.63) is 70.7 Å². The summed E-state index contributed by atoms with van der Waals surface area (Å²) < 4.78 is 25.8. The number of nitrogens with zero attached hydrogens (tertiary/aromatic N) is 2. The van der Waals surface area contributed by atoms with E-state index in [9.17, 15) is 18.7 Å². The highest BCUT2D eigenvalue weighted by atomic mass is 35.5. The van der Waals surface area contributed by atoms with Crippen LogP contribution in [0.5, 0.6) is 0 Å². The average molecular weight is 600 g/mol. The minimum atomic E-state index is -1.27. The lowest BCUT2D eigenvalue weighted by Crippen LogP contribution is -2.43. The van der Waals surface area contributed by atoms with Crippen molar-refractivity contribution in [3.63, 3.8) is 0 Å². The van der Waals surface area contributed by atoms with Crippen molar-refractivity contribution in [2.24, 2.45) is 0 Å². The van der Waals surface area contributed by atoms with E-state index in [1.165, 1.54) is 10.1 Å². The van der Waals surface area contributed by atoms with Gasteiger partial charge in [-0.3, -0.25) is 0 Å². The zero-order chi connectivity index (χ0) is 27.1. The molecule has 0 radical (unpaired) electrons. The maximum atomic E-state index is 12.9. The Morgan fingerprint density at radius 1 is 0.737 bits per heavy atom. The van der Waals surface area contributed by atoms with Crippen LogP contribution < -0.4 is 0 Å². The lowest BCUT2D eigenvalue weighted by atomic mass is 10.2. The first-order chi connectivity index (χ1) is 18.3. The van der Waals surface area contributed by atoms with E-state index in [1.807, 2.05) is 0 Å². The zero-order valence-electron chi connectivity index (χ0n) is 20.5. The van der Waals surface area contributed by atoms with E-state index in [-0.39, 0.29) is 10.5 Å². The Morgan fingerprint density at radius 2 is 1.11 bits per heavy atom. The first-order valence-corrected chi connectivity index (χ1v) is 15.4. The monoisotopic (exact) mass is 598 g/mol. The molecule has 2 fully saturated rings. The van der Waals surface area contributed by atoms with Crippen LogP contribution >= 0.6 is 23.2 Å². The molecule has 0 aliphatic carbocycles. The molecule has 38 heavy (non-hydrogen) atoms. The summed E-state index contributed by atoms with van der Waals surface area (Å²) in [7, 11) is 0. The Morgan fingerprint density at radius 3 is 1.47 bits per heavy atom. The van der Waals surface area contributed by atoms with Crippen LogP contribution in [0.15, 0.2) is 70.5 Å². The van der Waals surface area contributed by atoms with Crippen LogP contribution in [0.3, 0.4) is 0 Å². The van der Waals surface area contributed by atoms with Gasteiger partial charge in [0.15, 0.2) is 9.79 Å². The van der Waals surface area contributed by atoms with E-state index < -0.39 is 34.3 Å². The van der Waals surface area contributed by atoms with Gasteiger partial charge in [0.25, 0.3) is 0 Å². The highest BCUT2D eigenvalue weighted by Gasteiger charge is 2.33. The van der Waals surface area contributed by atoms with Gasteiger partial charge in [-0.2, -0.15) is 0 Å². The third-order valence-corrected chi connectivity index (χ3v) is 10.1. The second kappa shape index (κ2) is 14.0. The summed E-state index contributed by atoms with van der Waals surface area (Å²) in [4.78, 5) is 36.7. The fourth-order valence-corrected chi connectivity index (χ4v) is 7.49. The fraction of sp³-hybridized carbons (Fsp3) is 0.385. The molecule has 0 N–H and O–H groups in total. The fourth-order valence-electron chi connectivity index (χ4n) is 4.30. The van der Waals surface area contributed by atoms with E-state index in [2.05, 4.69) is 0 Å². The Bertz CT molecular complexity index is 1030. The summed E-state index contributed by atoms with van der Waals surface area (Å²) in [6.07, 6.45) is 4.94. The van der Waals surface area contributed by atoms with Crippen LogP contribution in [0.25, 0.3) is 0 Å². The molecule has 4 atom stereocenters. The van der Waals surface area contributed by atoms with Crippen molar-refractivity contribution < 1.29 is 28.4 Å². The number of hydrogen-bond donors (Lipinski definition) is 0. The molecule has 2 heterocycles. The lowest BCUT2D eigenvalue weighted by Gasteiger charge is -2.31. The van der Waals surface area contributed by atoms with Gasteiger partial charge in [-0.15, -0.1) is 10.1 Å². The number of carbonyl (C=O) groups is 2. The molecule has 0 spiro atoms. The molecule has 0 amide bonds. The van der Waals surface area contributed by atoms with Gasteiger partial charge in [-0.1, -0.05) is 23.2 Å². The number of hydroxylamine groups is 4. The van der Waals surface area contributed by atoms with Crippen LogP contribution in [-0.2, 0) is 41.6 Å². The van der Waals surface area contributed by atoms with Crippen LogP contribution in [0, 0.1) is 0 Å². The van der Waals surface area contributed by atoms with Crippen molar-refractivity contribution in [2.45, 2.75) is 46.0 Å². The molecular formula is C26H28Cl2N2O6S2. The highest BCUT2D eigenvalue weighted by molar-refractivity contribution is 7.92. The highest BCUT2D eigenvalue weighted by Crippen LogP contribution is 2.26. The van der Waals surface area contributed by atoms with Gasteiger partial charge in [0.2, 0.25) is 0 Å². The number of piperidine rings is 2. The summed E-state index contributed by atoms with van der Waals surface area (Å²) in [5.41, 5.74) is 0. The van der Waals surface area contributed by atoms with Crippen molar-refractivity contribution in [1.82, 2.24) is 10.1 Å². The molecule has 2 aliphatic rings. The number of carbonyl (C=O) groups excluding carboxylic acids is 2. The van der Waals surface area contributed by atoms with E-state index in [0.717, 1.165) is 37.8 Å². The van der Waals surface area contributed by atoms with Gasteiger partial charge in [-0.25, -0.2) is 9.59 Å². The minimum Gasteiger partial charge on any atom is -0.611 e. The smallest absolute Gasteiger partial charge is 0.349 e.